The summed E-state index contributed by atoms with van der Waals surface area (Å²) in [6.45, 7) is 4.00. The zero-order valence-electron chi connectivity index (χ0n) is 11.3. The third-order valence-corrected chi connectivity index (χ3v) is 2.93. The maximum atomic E-state index is 10.9. The molecule has 0 unspecified atom stereocenters. The molecule has 0 radical (unpaired) electrons. The van der Waals surface area contributed by atoms with E-state index >= 15 is 0 Å². The van der Waals surface area contributed by atoms with Gasteiger partial charge >= 0.3 is 5.97 Å². The Morgan fingerprint density at radius 3 is 2.33 bits per heavy atom. The molecule has 1 aliphatic rings. The summed E-state index contributed by atoms with van der Waals surface area (Å²) in [6, 6.07) is 0. The van der Waals surface area contributed by atoms with Crippen LogP contribution in [0.25, 0.3) is 0 Å². The van der Waals surface area contributed by atoms with E-state index in [1.165, 1.54) is 32.8 Å². The first-order valence-corrected chi connectivity index (χ1v) is 7.15. The number of methoxy groups -OCH3 is 1. The molecule has 2 rings (SSSR count). The summed E-state index contributed by atoms with van der Waals surface area (Å²) >= 11 is 3.05. The highest BCUT2D eigenvalue weighted by molar-refractivity contribution is 9.10. The Kier molecular flexibility index (Phi) is 10.7. The number of aromatic nitrogens is 1. The summed E-state index contributed by atoms with van der Waals surface area (Å²) in [6.07, 6.45) is 8.69. The Labute approximate surface area is 117 Å². The highest BCUT2D eigenvalue weighted by atomic mass is 79.9. The minimum Gasteiger partial charge on any atom is -0.469 e. The number of rotatable bonds is 1. The van der Waals surface area contributed by atoms with Crippen LogP contribution in [0.4, 0.5) is 0 Å². The van der Waals surface area contributed by atoms with Crippen LogP contribution in [0.1, 0.15) is 46.0 Å². The lowest BCUT2D eigenvalue weighted by atomic mass is 9.89. The van der Waals surface area contributed by atoms with Crippen LogP contribution in [0.2, 0.25) is 0 Å². The van der Waals surface area contributed by atoms with Gasteiger partial charge in [-0.1, -0.05) is 33.1 Å². The minimum atomic E-state index is -0.0142. The van der Waals surface area contributed by atoms with Crippen molar-refractivity contribution in [1.82, 2.24) is 4.98 Å². The Morgan fingerprint density at radius 1 is 1.39 bits per heavy atom. The summed E-state index contributed by atoms with van der Waals surface area (Å²) in [7, 11) is 1.47. The van der Waals surface area contributed by atoms with E-state index in [0.29, 0.717) is 4.67 Å². The lowest BCUT2D eigenvalue weighted by Gasteiger charge is -2.18. The van der Waals surface area contributed by atoms with E-state index in [0.717, 1.165) is 12.8 Å². The van der Waals surface area contributed by atoms with Crippen molar-refractivity contribution in [3.8, 4) is 0 Å². The van der Waals surface area contributed by atoms with Crippen LogP contribution in [-0.2, 0) is 9.53 Å². The smallest absolute Gasteiger partial charge is 0.308 e. The lowest BCUT2D eigenvalue weighted by molar-refractivity contribution is -0.146. The molecule has 1 aromatic rings. The van der Waals surface area contributed by atoms with Crippen LogP contribution in [-0.4, -0.2) is 18.1 Å². The van der Waals surface area contributed by atoms with Crippen LogP contribution < -0.4 is 0 Å². The molecule has 0 aliphatic heterocycles. The maximum absolute atomic E-state index is 10.9. The Hall–Kier alpha value is -0.840. The van der Waals surface area contributed by atoms with Crippen LogP contribution in [0, 0.1) is 5.92 Å². The van der Waals surface area contributed by atoms with Gasteiger partial charge in [-0.3, -0.25) is 4.79 Å². The zero-order chi connectivity index (χ0) is 13.8. The van der Waals surface area contributed by atoms with E-state index in [9.17, 15) is 4.79 Å². The highest BCUT2D eigenvalue weighted by Gasteiger charge is 2.20. The van der Waals surface area contributed by atoms with Gasteiger partial charge in [-0.25, -0.2) is 4.98 Å². The molecular formula is C13H22BrNO3. The number of carbonyl (C=O) groups is 1. The van der Waals surface area contributed by atoms with E-state index in [1.807, 2.05) is 13.8 Å². The molecule has 1 saturated carbocycles. The molecule has 1 fully saturated rings. The molecule has 0 amide bonds. The molecule has 0 saturated heterocycles. The number of carbonyl (C=O) groups excluding carboxylic acids is 1. The van der Waals surface area contributed by atoms with Gasteiger partial charge in [0.25, 0.3) is 0 Å². The highest BCUT2D eigenvalue weighted by Crippen LogP contribution is 2.24. The summed E-state index contributed by atoms with van der Waals surface area (Å²) in [4.78, 5) is 14.6. The number of halogens is 1. The molecule has 0 atom stereocenters. The van der Waals surface area contributed by atoms with E-state index in [1.54, 1.807) is 6.20 Å². The molecule has 1 aliphatic carbocycles. The van der Waals surface area contributed by atoms with Gasteiger partial charge < -0.3 is 9.15 Å². The first-order valence-electron chi connectivity index (χ1n) is 6.36. The fourth-order valence-electron chi connectivity index (χ4n) is 1.71. The van der Waals surface area contributed by atoms with Gasteiger partial charge in [0.15, 0.2) is 11.1 Å². The van der Waals surface area contributed by atoms with Gasteiger partial charge in [-0.05, 0) is 28.8 Å². The number of oxazole rings is 1. The fourth-order valence-corrected chi connectivity index (χ4v) is 1.91. The second-order valence-corrected chi connectivity index (χ2v) is 4.45. The summed E-state index contributed by atoms with van der Waals surface area (Å²) < 4.78 is 9.96. The Morgan fingerprint density at radius 2 is 2.00 bits per heavy atom. The third-order valence-electron chi connectivity index (χ3n) is 2.54. The number of ether oxygens (including phenoxy) is 1. The van der Waals surface area contributed by atoms with Gasteiger partial charge in [0.05, 0.1) is 19.2 Å². The maximum Gasteiger partial charge on any atom is 0.308 e. The molecule has 0 spiro atoms. The number of hydrogen-bond acceptors (Lipinski definition) is 4. The van der Waals surface area contributed by atoms with Crippen LogP contribution >= 0.6 is 15.9 Å². The molecule has 1 aromatic heterocycles. The molecule has 18 heavy (non-hydrogen) atoms. The molecule has 0 N–H and O–H groups in total. The molecule has 1 heterocycles. The molecule has 0 bridgehead atoms. The second-order valence-electron chi connectivity index (χ2n) is 3.66. The largest absolute Gasteiger partial charge is 0.469 e. The molecule has 4 nitrogen and oxygen atoms in total. The van der Waals surface area contributed by atoms with Crippen molar-refractivity contribution >= 4 is 21.9 Å². The van der Waals surface area contributed by atoms with Crippen LogP contribution in [0.15, 0.2) is 21.7 Å². The average Bonchev–Trinajstić information content (AvgIpc) is 2.93. The van der Waals surface area contributed by atoms with Crippen LogP contribution in [0.5, 0.6) is 0 Å². The SMILES string of the molecule is Brc1cnco1.CC.COC(=O)C1CCCCC1. The summed E-state index contributed by atoms with van der Waals surface area (Å²) in [5.74, 6) is 0.193. The zero-order valence-corrected chi connectivity index (χ0v) is 12.9. The topological polar surface area (TPSA) is 52.3 Å². The van der Waals surface area contributed by atoms with E-state index in [-0.39, 0.29) is 11.9 Å². The van der Waals surface area contributed by atoms with Gasteiger partial charge in [0.1, 0.15) is 0 Å². The summed E-state index contributed by atoms with van der Waals surface area (Å²) in [5.41, 5.74) is 0. The standard InChI is InChI=1S/C8H14O2.C3H2BrNO.C2H6/c1-10-8(9)7-5-3-2-4-6-7;4-3-1-5-2-6-3;1-2/h7H,2-6H2,1H3;1-2H;1-2H3. The number of esters is 1. The molecule has 0 aromatic carbocycles. The number of hydrogen-bond donors (Lipinski definition) is 0. The van der Waals surface area contributed by atoms with Crippen molar-refractivity contribution in [1.29, 1.82) is 0 Å². The van der Waals surface area contributed by atoms with Gasteiger partial charge in [-0.2, -0.15) is 0 Å². The normalized spacial score (nSPS) is 14.7. The van der Waals surface area contributed by atoms with E-state index in [4.69, 9.17) is 0 Å². The third kappa shape index (κ3) is 7.48. The summed E-state index contributed by atoms with van der Waals surface area (Å²) in [5, 5.41) is 0. The van der Waals surface area contributed by atoms with Crippen molar-refractivity contribution in [2.24, 2.45) is 5.92 Å². The predicted octanol–water partition coefficient (Wildman–Crippen LogP) is 4.20. The minimum absolute atomic E-state index is 0.0142. The average molecular weight is 320 g/mol. The molecule has 104 valence electrons. The van der Waals surface area contributed by atoms with E-state index in [2.05, 4.69) is 30.1 Å². The predicted molar refractivity (Wildman–Crippen MR) is 74.1 cm³/mol. The van der Waals surface area contributed by atoms with Crippen molar-refractivity contribution in [3.05, 3.63) is 17.3 Å². The van der Waals surface area contributed by atoms with Crippen molar-refractivity contribution in [2.75, 3.05) is 7.11 Å². The monoisotopic (exact) mass is 319 g/mol. The van der Waals surface area contributed by atoms with Crippen molar-refractivity contribution < 1.29 is 13.9 Å². The Balaban J connectivity index is 0.000000308. The first kappa shape index (κ1) is 17.2. The second kappa shape index (κ2) is 11.3. The van der Waals surface area contributed by atoms with Crippen molar-refractivity contribution in [2.45, 2.75) is 46.0 Å². The van der Waals surface area contributed by atoms with Gasteiger partial charge in [0.2, 0.25) is 0 Å². The number of nitrogens with zero attached hydrogens (tertiary/aromatic N) is 1. The van der Waals surface area contributed by atoms with Gasteiger partial charge in [0, 0.05) is 0 Å². The quantitative estimate of drug-likeness (QED) is 0.728. The van der Waals surface area contributed by atoms with E-state index < -0.39 is 0 Å². The van der Waals surface area contributed by atoms with Gasteiger partial charge in [-0.15, -0.1) is 0 Å². The first-order chi connectivity index (χ1) is 8.74. The Bertz CT molecular complexity index is 295. The molecule has 5 heteroatoms. The van der Waals surface area contributed by atoms with Crippen molar-refractivity contribution in [3.63, 3.8) is 0 Å². The fraction of sp³-hybridized carbons (Fsp3) is 0.692. The lowest BCUT2D eigenvalue weighted by Crippen LogP contribution is -2.18. The molecular weight excluding hydrogens is 298 g/mol. The van der Waals surface area contributed by atoms with Crippen LogP contribution in [0.3, 0.4) is 0 Å².